The SMILES string of the molecule is C=C(C)C1CCC2(C)CC(CNC3CCCCC3)=CC(C)=C2C1. The van der Waals surface area contributed by atoms with Crippen LogP contribution in [0.15, 0.2) is 34.9 Å². The van der Waals surface area contributed by atoms with E-state index in [1.807, 2.05) is 0 Å². The minimum atomic E-state index is 0.411. The first-order valence-corrected chi connectivity index (χ1v) is 9.76. The molecule has 0 amide bonds. The fraction of sp³-hybridized carbons (Fsp3) is 0.727. The Bertz CT molecular complexity index is 518. The highest BCUT2D eigenvalue weighted by Gasteiger charge is 2.38. The molecule has 3 aliphatic carbocycles. The van der Waals surface area contributed by atoms with Gasteiger partial charge < -0.3 is 5.32 Å². The normalized spacial score (nSPS) is 32.5. The summed E-state index contributed by atoms with van der Waals surface area (Å²) in [5.74, 6) is 0.711. The molecule has 3 rings (SSSR count). The maximum absolute atomic E-state index is 4.21. The van der Waals surface area contributed by atoms with Crippen molar-refractivity contribution in [3.8, 4) is 0 Å². The Labute approximate surface area is 143 Å². The lowest BCUT2D eigenvalue weighted by Crippen LogP contribution is -2.36. The summed E-state index contributed by atoms with van der Waals surface area (Å²) < 4.78 is 0. The maximum atomic E-state index is 4.21. The largest absolute Gasteiger partial charge is 0.310 e. The summed E-state index contributed by atoms with van der Waals surface area (Å²) in [5.41, 5.74) is 6.69. The zero-order valence-electron chi connectivity index (χ0n) is 15.5. The lowest BCUT2D eigenvalue weighted by Gasteiger charge is -2.44. The Morgan fingerprint density at radius 2 is 2.00 bits per heavy atom. The summed E-state index contributed by atoms with van der Waals surface area (Å²) in [6, 6.07) is 0.766. The highest BCUT2D eigenvalue weighted by molar-refractivity contribution is 5.39. The molecule has 0 spiro atoms. The lowest BCUT2D eigenvalue weighted by molar-refractivity contribution is 0.256. The van der Waals surface area contributed by atoms with Gasteiger partial charge in [0.05, 0.1) is 0 Å². The van der Waals surface area contributed by atoms with E-state index in [2.05, 4.69) is 38.7 Å². The van der Waals surface area contributed by atoms with E-state index in [9.17, 15) is 0 Å². The first kappa shape index (κ1) is 17.0. The summed E-state index contributed by atoms with van der Waals surface area (Å²) in [4.78, 5) is 0. The van der Waals surface area contributed by atoms with Crippen LogP contribution in [0.1, 0.15) is 78.6 Å². The fourth-order valence-corrected chi connectivity index (χ4v) is 5.13. The predicted molar refractivity (Wildman–Crippen MR) is 101 cm³/mol. The van der Waals surface area contributed by atoms with E-state index < -0.39 is 0 Å². The van der Waals surface area contributed by atoms with Crippen LogP contribution in [0.5, 0.6) is 0 Å². The molecule has 0 saturated heterocycles. The van der Waals surface area contributed by atoms with E-state index in [1.54, 1.807) is 16.7 Å². The van der Waals surface area contributed by atoms with Crippen molar-refractivity contribution < 1.29 is 0 Å². The molecule has 1 N–H and O–H groups in total. The van der Waals surface area contributed by atoms with Crippen molar-refractivity contribution in [1.82, 2.24) is 5.32 Å². The van der Waals surface area contributed by atoms with Crippen LogP contribution in [0.3, 0.4) is 0 Å². The fourth-order valence-electron chi connectivity index (χ4n) is 5.13. The van der Waals surface area contributed by atoms with Crippen LogP contribution in [0.2, 0.25) is 0 Å². The van der Waals surface area contributed by atoms with E-state index in [0.29, 0.717) is 11.3 Å². The summed E-state index contributed by atoms with van der Waals surface area (Å²) in [6.07, 6.45) is 14.7. The Kier molecular flexibility index (Phi) is 5.16. The highest BCUT2D eigenvalue weighted by atomic mass is 14.9. The number of rotatable bonds is 4. The van der Waals surface area contributed by atoms with E-state index >= 15 is 0 Å². The van der Waals surface area contributed by atoms with E-state index in [0.717, 1.165) is 12.6 Å². The molecule has 2 fully saturated rings. The van der Waals surface area contributed by atoms with Crippen LogP contribution >= 0.6 is 0 Å². The van der Waals surface area contributed by atoms with Crippen molar-refractivity contribution in [1.29, 1.82) is 0 Å². The molecule has 128 valence electrons. The average Bonchev–Trinajstić information content (AvgIpc) is 2.53. The van der Waals surface area contributed by atoms with Crippen molar-refractivity contribution >= 4 is 0 Å². The van der Waals surface area contributed by atoms with Crippen LogP contribution in [0, 0.1) is 11.3 Å². The average molecular weight is 314 g/mol. The molecule has 0 aliphatic heterocycles. The van der Waals surface area contributed by atoms with Gasteiger partial charge in [-0.15, -0.1) is 0 Å². The number of hydrogen-bond donors (Lipinski definition) is 1. The molecule has 0 bridgehead atoms. The molecule has 2 atom stereocenters. The Balaban J connectivity index is 1.67. The van der Waals surface area contributed by atoms with Gasteiger partial charge in [-0.2, -0.15) is 0 Å². The molecular formula is C22H35N. The van der Waals surface area contributed by atoms with Gasteiger partial charge in [-0.1, -0.05) is 61.1 Å². The standard InChI is InChI=1S/C22H35N/c1-16(2)19-10-11-22(4)14-18(12-17(3)21(22)13-19)15-23-20-8-6-5-7-9-20/h12,19-20,23H,1,5-11,13-15H2,2-4H3. The van der Waals surface area contributed by atoms with Crippen molar-refractivity contribution in [2.24, 2.45) is 11.3 Å². The zero-order chi connectivity index (χ0) is 16.4. The van der Waals surface area contributed by atoms with Crippen molar-refractivity contribution in [2.45, 2.75) is 84.6 Å². The monoisotopic (exact) mass is 313 g/mol. The second kappa shape index (κ2) is 6.97. The second-order valence-electron chi connectivity index (χ2n) is 8.70. The lowest BCUT2D eigenvalue weighted by atomic mass is 9.61. The van der Waals surface area contributed by atoms with Gasteiger partial charge in [0.15, 0.2) is 0 Å². The van der Waals surface area contributed by atoms with Crippen LogP contribution in [0.25, 0.3) is 0 Å². The van der Waals surface area contributed by atoms with Gasteiger partial charge in [0.25, 0.3) is 0 Å². The molecule has 23 heavy (non-hydrogen) atoms. The van der Waals surface area contributed by atoms with Crippen LogP contribution in [-0.2, 0) is 0 Å². The molecule has 0 aromatic carbocycles. The summed E-state index contributed by atoms with van der Waals surface area (Å²) >= 11 is 0. The second-order valence-corrected chi connectivity index (χ2v) is 8.70. The maximum Gasteiger partial charge on any atom is 0.0170 e. The highest BCUT2D eigenvalue weighted by Crippen LogP contribution is 2.51. The van der Waals surface area contributed by atoms with Gasteiger partial charge in [-0.05, 0) is 63.7 Å². The molecular weight excluding hydrogens is 278 g/mol. The first-order chi connectivity index (χ1) is 11.0. The van der Waals surface area contributed by atoms with Crippen LogP contribution in [-0.4, -0.2) is 12.6 Å². The topological polar surface area (TPSA) is 12.0 Å². The quantitative estimate of drug-likeness (QED) is 0.633. The molecule has 0 aromatic heterocycles. The number of hydrogen-bond acceptors (Lipinski definition) is 1. The number of allylic oxidation sites excluding steroid dienone is 4. The summed E-state index contributed by atoms with van der Waals surface area (Å²) in [7, 11) is 0. The molecule has 0 heterocycles. The summed E-state index contributed by atoms with van der Waals surface area (Å²) in [5, 5.41) is 3.85. The molecule has 2 unspecified atom stereocenters. The zero-order valence-corrected chi connectivity index (χ0v) is 15.5. The van der Waals surface area contributed by atoms with Gasteiger partial charge in [0, 0.05) is 12.6 Å². The smallest absolute Gasteiger partial charge is 0.0170 e. The first-order valence-electron chi connectivity index (χ1n) is 9.76. The Hall–Kier alpha value is -0.820. The van der Waals surface area contributed by atoms with Crippen molar-refractivity contribution in [3.05, 3.63) is 34.9 Å². The molecule has 0 radical (unpaired) electrons. The van der Waals surface area contributed by atoms with E-state index in [1.165, 1.54) is 63.4 Å². The molecule has 0 aromatic rings. The van der Waals surface area contributed by atoms with Crippen molar-refractivity contribution in [2.75, 3.05) is 6.54 Å². The van der Waals surface area contributed by atoms with Gasteiger partial charge in [-0.3, -0.25) is 0 Å². The predicted octanol–water partition coefficient (Wildman–Crippen LogP) is 5.94. The third-order valence-corrected chi connectivity index (χ3v) is 6.66. The van der Waals surface area contributed by atoms with Gasteiger partial charge in [-0.25, -0.2) is 0 Å². The number of fused-ring (bicyclic) bond motifs is 1. The minimum absolute atomic E-state index is 0.411. The van der Waals surface area contributed by atoms with Gasteiger partial charge in [0.1, 0.15) is 0 Å². The number of nitrogens with one attached hydrogen (secondary N) is 1. The van der Waals surface area contributed by atoms with E-state index in [4.69, 9.17) is 0 Å². The summed E-state index contributed by atoms with van der Waals surface area (Å²) in [6.45, 7) is 12.4. The molecule has 3 aliphatic rings. The van der Waals surface area contributed by atoms with E-state index in [-0.39, 0.29) is 0 Å². The Morgan fingerprint density at radius 3 is 2.70 bits per heavy atom. The van der Waals surface area contributed by atoms with Crippen LogP contribution < -0.4 is 5.32 Å². The third-order valence-electron chi connectivity index (χ3n) is 6.66. The third kappa shape index (κ3) is 3.82. The van der Waals surface area contributed by atoms with Crippen LogP contribution in [0.4, 0.5) is 0 Å². The molecule has 1 nitrogen and oxygen atoms in total. The Morgan fingerprint density at radius 1 is 1.26 bits per heavy atom. The van der Waals surface area contributed by atoms with Gasteiger partial charge >= 0.3 is 0 Å². The molecule has 2 saturated carbocycles. The van der Waals surface area contributed by atoms with Crippen molar-refractivity contribution in [3.63, 3.8) is 0 Å². The van der Waals surface area contributed by atoms with Gasteiger partial charge in [0.2, 0.25) is 0 Å². The minimum Gasteiger partial charge on any atom is -0.310 e. The molecule has 1 heteroatoms.